The van der Waals surface area contributed by atoms with Crippen molar-refractivity contribution in [1.29, 1.82) is 0 Å². The molecule has 128 valence electrons. The number of hydrogen-bond acceptors (Lipinski definition) is 6. The van der Waals surface area contributed by atoms with Gasteiger partial charge in [-0.1, -0.05) is 6.07 Å². The fourth-order valence-corrected chi connectivity index (χ4v) is 2.55. The molecule has 0 spiro atoms. The molecule has 7 nitrogen and oxygen atoms in total. The molecule has 3 aromatic rings. The first-order chi connectivity index (χ1) is 12.1. The molecule has 3 heterocycles. The topological polar surface area (TPSA) is 79.1 Å². The SMILES string of the molecule is COc1cc(C=O)c(OCc2cccnc2-c2cn(C)nc2C)cn1. The Balaban J connectivity index is 1.88. The van der Waals surface area contributed by atoms with E-state index in [1.54, 1.807) is 10.9 Å². The molecule has 3 aromatic heterocycles. The van der Waals surface area contributed by atoms with Gasteiger partial charge in [-0.15, -0.1) is 0 Å². The second-order valence-corrected chi connectivity index (χ2v) is 5.48. The number of aromatic nitrogens is 4. The molecular weight excluding hydrogens is 320 g/mol. The van der Waals surface area contributed by atoms with E-state index >= 15 is 0 Å². The number of aryl methyl sites for hydroxylation is 2. The second kappa shape index (κ2) is 7.12. The summed E-state index contributed by atoms with van der Waals surface area (Å²) in [6, 6.07) is 5.32. The van der Waals surface area contributed by atoms with Crippen LogP contribution in [0.25, 0.3) is 11.3 Å². The molecule has 0 radical (unpaired) electrons. The van der Waals surface area contributed by atoms with E-state index in [-0.39, 0.29) is 6.61 Å². The van der Waals surface area contributed by atoms with E-state index in [0.717, 1.165) is 28.8 Å². The van der Waals surface area contributed by atoms with E-state index in [2.05, 4.69) is 15.1 Å². The first-order valence-corrected chi connectivity index (χ1v) is 7.69. The zero-order valence-corrected chi connectivity index (χ0v) is 14.3. The van der Waals surface area contributed by atoms with E-state index < -0.39 is 0 Å². The van der Waals surface area contributed by atoms with Crippen LogP contribution in [-0.4, -0.2) is 33.1 Å². The van der Waals surface area contributed by atoms with Crippen molar-refractivity contribution in [3.63, 3.8) is 0 Å². The summed E-state index contributed by atoms with van der Waals surface area (Å²) in [6.07, 6.45) is 5.85. The molecule has 0 unspecified atom stereocenters. The highest BCUT2D eigenvalue weighted by Gasteiger charge is 2.13. The third-order valence-electron chi connectivity index (χ3n) is 3.75. The van der Waals surface area contributed by atoms with Gasteiger partial charge in [0.2, 0.25) is 5.88 Å². The standard InChI is InChI=1S/C18H18N4O3/c1-12-15(9-22(2)21-12)18-13(5-4-6-19-18)11-25-16-8-20-17(24-3)7-14(16)10-23/h4-10H,11H2,1-3H3. The maximum atomic E-state index is 11.3. The Morgan fingerprint density at radius 1 is 1.32 bits per heavy atom. The number of ether oxygens (including phenoxy) is 2. The lowest BCUT2D eigenvalue weighted by Crippen LogP contribution is -2.02. The van der Waals surface area contributed by atoms with Gasteiger partial charge in [-0.3, -0.25) is 14.5 Å². The van der Waals surface area contributed by atoms with E-state index in [1.165, 1.54) is 19.4 Å². The summed E-state index contributed by atoms with van der Waals surface area (Å²) < 4.78 is 12.6. The number of hydrogen-bond donors (Lipinski definition) is 0. The molecule has 0 aliphatic heterocycles. The Morgan fingerprint density at radius 3 is 2.84 bits per heavy atom. The molecule has 7 heteroatoms. The van der Waals surface area contributed by atoms with Crippen LogP contribution in [0.5, 0.6) is 11.6 Å². The summed E-state index contributed by atoms with van der Waals surface area (Å²) in [7, 11) is 3.37. The van der Waals surface area contributed by atoms with Gasteiger partial charge in [0, 0.05) is 36.6 Å². The van der Waals surface area contributed by atoms with E-state index in [1.807, 2.05) is 32.3 Å². The first-order valence-electron chi connectivity index (χ1n) is 7.69. The van der Waals surface area contributed by atoms with Gasteiger partial charge in [-0.25, -0.2) is 4.98 Å². The molecule has 0 aromatic carbocycles. The average Bonchev–Trinajstić information content (AvgIpc) is 2.98. The Hall–Kier alpha value is -3.22. The van der Waals surface area contributed by atoms with Gasteiger partial charge in [-0.05, 0) is 13.0 Å². The molecule has 0 fully saturated rings. The minimum atomic E-state index is 0.256. The van der Waals surface area contributed by atoms with Crippen molar-refractivity contribution in [2.75, 3.05) is 7.11 Å². The van der Waals surface area contributed by atoms with E-state index in [0.29, 0.717) is 17.2 Å². The number of rotatable bonds is 6. The molecule has 0 bridgehead atoms. The fraction of sp³-hybridized carbons (Fsp3) is 0.222. The summed E-state index contributed by atoms with van der Waals surface area (Å²) in [5, 5.41) is 4.36. The molecule has 0 atom stereocenters. The van der Waals surface area contributed by atoms with Gasteiger partial charge in [0.15, 0.2) is 6.29 Å². The second-order valence-electron chi connectivity index (χ2n) is 5.48. The van der Waals surface area contributed by atoms with Gasteiger partial charge in [0.1, 0.15) is 12.4 Å². The van der Waals surface area contributed by atoms with Crippen LogP contribution in [0.2, 0.25) is 0 Å². The van der Waals surface area contributed by atoms with Crippen LogP contribution in [0.4, 0.5) is 0 Å². The zero-order chi connectivity index (χ0) is 17.8. The van der Waals surface area contributed by atoms with Crippen LogP contribution in [0, 0.1) is 6.92 Å². The van der Waals surface area contributed by atoms with Crippen LogP contribution in [0.1, 0.15) is 21.6 Å². The van der Waals surface area contributed by atoms with Crippen molar-refractivity contribution in [2.24, 2.45) is 7.05 Å². The van der Waals surface area contributed by atoms with Crippen molar-refractivity contribution in [3.8, 4) is 22.9 Å². The molecule has 25 heavy (non-hydrogen) atoms. The third kappa shape index (κ3) is 3.50. The summed E-state index contributed by atoms with van der Waals surface area (Å²) >= 11 is 0. The lowest BCUT2D eigenvalue weighted by molar-refractivity contribution is 0.111. The summed E-state index contributed by atoms with van der Waals surface area (Å²) in [6.45, 7) is 2.19. The van der Waals surface area contributed by atoms with Crippen molar-refractivity contribution < 1.29 is 14.3 Å². The number of aldehydes is 1. The number of methoxy groups -OCH3 is 1. The molecule has 0 saturated heterocycles. The number of carbonyl (C=O) groups excluding carboxylic acids is 1. The first kappa shape index (κ1) is 16.6. The van der Waals surface area contributed by atoms with Crippen molar-refractivity contribution in [3.05, 3.63) is 53.6 Å². The smallest absolute Gasteiger partial charge is 0.213 e. The molecule has 0 amide bonds. The van der Waals surface area contributed by atoms with Crippen molar-refractivity contribution in [1.82, 2.24) is 19.7 Å². The summed E-state index contributed by atoms with van der Waals surface area (Å²) in [5.74, 6) is 0.760. The van der Waals surface area contributed by atoms with Gasteiger partial charge in [0.25, 0.3) is 0 Å². The highest BCUT2D eigenvalue weighted by atomic mass is 16.5. The maximum Gasteiger partial charge on any atom is 0.213 e. The number of nitrogens with zero attached hydrogens (tertiary/aromatic N) is 4. The van der Waals surface area contributed by atoms with Crippen molar-refractivity contribution >= 4 is 6.29 Å². The highest BCUT2D eigenvalue weighted by molar-refractivity contribution is 5.79. The Labute approximate surface area is 145 Å². The molecule has 0 aliphatic rings. The average molecular weight is 338 g/mol. The molecule has 0 saturated carbocycles. The fourth-order valence-electron chi connectivity index (χ4n) is 2.55. The maximum absolute atomic E-state index is 11.3. The third-order valence-corrected chi connectivity index (χ3v) is 3.75. The normalized spacial score (nSPS) is 10.5. The number of pyridine rings is 2. The molecule has 0 N–H and O–H groups in total. The van der Waals surface area contributed by atoms with E-state index in [9.17, 15) is 4.79 Å². The van der Waals surface area contributed by atoms with Gasteiger partial charge >= 0.3 is 0 Å². The predicted molar refractivity (Wildman–Crippen MR) is 91.7 cm³/mol. The van der Waals surface area contributed by atoms with Crippen LogP contribution in [0.15, 0.2) is 36.8 Å². The summed E-state index contributed by atoms with van der Waals surface area (Å²) in [4.78, 5) is 19.8. The molecular formula is C18H18N4O3. The number of carbonyl (C=O) groups is 1. The summed E-state index contributed by atoms with van der Waals surface area (Å²) in [5.41, 5.74) is 3.93. The van der Waals surface area contributed by atoms with Crippen molar-refractivity contribution in [2.45, 2.75) is 13.5 Å². The quantitative estimate of drug-likeness (QED) is 0.643. The monoisotopic (exact) mass is 338 g/mol. The van der Waals surface area contributed by atoms with Crippen LogP contribution in [0.3, 0.4) is 0 Å². The highest BCUT2D eigenvalue weighted by Crippen LogP contribution is 2.26. The predicted octanol–water partition coefficient (Wildman–Crippen LogP) is 2.59. The largest absolute Gasteiger partial charge is 0.486 e. The molecule has 3 rings (SSSR count). The lowest BCUT2D eigenvalue weighted by Gasteiger charge is -2.11. The molecule has 0 aliphatic carbocycles. The van der Waals surface area contributed by atoms with Crippen LogP contribution >= 0.6 is 0 Å². The Bertz CT molecular complexity index is 905. The van der Waals surface area contributed by atoms with Crippen LogP contribution in [-0.2, 0) is 13.7 Å². The van der Waals surface area contributed by atoms with Gasteiger partial charge < -0.3 is 9.47 Å². The Kier molecular flexibility index (Phi) is 4.74. The minimum absolute atomic E-state index is 0.256. The van der Waals surface area contributed by atoms with E-state index in [4.69, 9.17) is 9.47 Å². The van der Waals surface area contributed by atoms with Gasteiger partial charge in [0.05, 0.1) is 30.3 Å². The lowest BCUT2D eigenvalue weighted by atomic mass is 10.1. The zero-order valence-electron chi connectivity index (χ0n) is 14.3. The Morgan fingerprint density at radius 2 is 2.16 bits per heavy atom. The van der Waals surface area contributed by atoms with Gasteiger partial charge in [-0.2, -0.15) is 5.10 Å². The minimum Gasteiger partial charge on any atom is -0.486 e. The van der Waals surface area contributed by atoms with Crippen LogP contribution < -0.4 is 9.47 Å².